The van der Waals surface area contributed by atoms with E-state index in [-0.39, 0.29) is 5.75 Å². The van der Waals surface area contributed by atoms with Gasteiger partial charge in [-0.15, -0.1) is 0 Å². The molecule has 1 aromatic heterocycles. The summed E-state index contributed by atoms with van der Waals surface area (Å²) in [5.41, 5.74) is 1.68. The van der Waals surface area contributed by atoms with Gasteiger partial charge in [0.25, 0.3) is 0 Å². The molecule has 84 valence electrons. The van der Waals surface area contributed by atoms with Gasteiger partial charge >= 0.3 is 0 Å². The zero-order valence-corrected chi connectivity index (χ0v) is 8.91. The van der Waals surface area contributed by atoms with Crippen LogP contribution in [0.1, 0.15) is 0 Å². The largest absolute Gasteiger partial charge is 0.506 e. The van der Waals surface area contributed by atoms with Crippen molar-refractivity contribution in [3.8, 4) is 17.1 Å². The molecule has 0 spiro atoms. The van der Waals surface area contributed by atoms with Gasteiger partial charge in [-0.2, -0.15) is 4.73 Å². The highest BCUT2D eigenvalue weighted by Gasteiger charge is 2.14. The Labute approximate surface area is 97.4 Å². The molecular weight excluding hydrogens is 216 g/mol. The first-order valence-corrected chi connectivity index (χ1v) is 5.22. The maximum atomic E-state index is 10.0. The van der Waals surface area contributed by atoms with Gasteiger partial charge < -0.3 is 10.3 Å². The smallest absolute Gasteiger partial charge is 0.176 e. The second-order valence-electron chi connectivity index (χ2n) is 3.76. The summed E-state index contributed by atoms with van der Waals surface area (Å²) in [4.78, 5) is 4.30. The van der Waals surface area contributed by atoms with Gasteiger partial charge in [-0.3, -0.25) is 0 Å². The van der Waals surface area contributed by atoms with Gasteiger partial charge in [0.05, 0.1) is 5.52 Å². The summed E-state index contributed by atoms with van der Waals surface area (Å²) in [6.07, 6.45) is 0. The van der Waals surface area contributed by atoms with Crippen LogP contribution in [-0.2, 0) is 0 Å². The van der Waals surface area contributed by atoms with E-state index in [0.717, 1.165) is 10.3 Å². The summed E-state index contributed by atoms with van der Waals surface area (Å²) in [6.45, 7) is 0. The predicted molar refractivity (Wildman–Crippen MR) is 64.0 cm³/mol. The molecule has 4 heteroatoms. The van der Waals surface area contributed by atoms with Crippen LogP contribution in [0.4, 0.5) is 0 Å². The Morgan fingerprint density at radius 1 is 0.941 bits per heavy atom. The third-order valence-corrected chi connectivity index (χ3v) is 2.66. The molecule has 0 fully saturated rings. The minimum atomic E-state index is 0.0136. The molecule has 4 nitrogen and oxygen atoms in total. The molecule has 2 N–H and O–H groups in total. The number of phenols is 1. The highest BCUT2D eigenvalue weighted by Crippen LogP contribution is 2.28. The lowest BCUT2D eigenvalue weighted by molar-refractivity contribution is 0.201. The van der Waals surface area contributed by atoms with Crippen LogP contribution in [0.25, 0.3) is 22.4 Å². The van der Waals surface area contributed by atoms with E-state index in [1.165, 1.54) is 6.07 Å². The van der Waals surface area contributed by atoms with Crippen LogP contribution < -0.4 is 0 Å². The number of hydrogen-bond donors (Lipinski definition) is 2. The number of phenolic OH excluding ortho intramolecular Hbond substituents is 1. The maximum absolute atomic E-state index is 10.0. The lowest BCUT2D eigenvalue weighted by Gasteiger charge is -2.00. The van der Waals surface area contributed by atoms with Crippen LogP contribution in [0.2, 0.25) is 0 Å². The molecule has 1 heterocycles. The Morgan fingerprint density at radius 2 is 1.71 bits per heavy atom. The van der Waals surface area contributed by atoms with Crippen molar-refractivity contribution in [2.45, 2.75) is 0 Å². The predicted octanol–water partition coefficient (Wildman–Crippen LogP) is 2.65. The monoisotopic (exact) mass is 226 g/mol. The first kappa shape index (κ1) is 9.72. The fourth-order valence-corrected chi connectivity index (χ4v) is 1.87. The normalized spacial score (nSPS) is 10.8. The third kappa shape index (κ3) is 1.42. The molecular formula is C13H10N2O2. The summed E-state index contributed by atoms with van der Waals surface area (Å²) in [5.74, 6) is 0.432. The zero-order chi connectivity index (χ0) is 11.8. The Kier molecular flexibility index (Phi) is 2.01. The van der Waals surface area contributed by atoms with E-state index in [1.54, 1.807) is 12.1 Å². The standard InChI is InChI=1S/C13H10N2O2/c16-11-8-4-7-10-12(11)15(17)13(14-10)9-5-2-1-3-6-9/h1-8,16-17H. The van der Waals surface area contributed by atoms with Crippen LogP contribution in [0.5, 0.6) is 5.75 Å². The summed E-state index contributed by atoms with van der Waals surface area (Å²) < 4.78 is 0.917. The number of aromatic nitrogens is 2. The van der Waals surface area contributed by atoms with Gasteiger partial charge in [-0.1, -0.05) is 36.4 Å². The van der Waals surface area contributed by atoms with Crippen LogP contribution in [0.15, 0.2) is 48.5 Å². The van der Waals surface area contributed by atoms with Crippen molar-refractivity contribution < 1.29 is 10.3 Å². The molecule has 0 atom stereocenters. The van der Waals surface area contributed by atoms with Crippen molar-refractivity contribution in [2.24, 2.45) is 0 Å². The highest BCUT2D eigenvalue weighted by molar-refractivity contribution is 5.85. The van der Waals surface area contributed by atoms with Crippen molar-refractivity contribution in [3.63, 3.8) is 0 Å². The second kappa shape index (κ2) is 3.52. The first-order chi connectivity index (χ1) is 8.27. The molecule has 0 saturated carbocycles. The number of imidazole rings is 1. The fraction of sp³-hybridized carbons (Fsp3) is 0. The number of rotatable bonds is 1. The molecule has 17 heavy (non-hydrogen) atoms. The summed E-state index contributed by atoms with van der Waals surface area (Å²) in [7, 11) is 0. The van der Waals surface area contributed by atoms with Gasteiger partial charge in [-0.25, -0.2) is 4.98 Å². The average Bonchev–Trinajstić information content (AvgIpc) is 2.69. The van der Waals surface area contributed by atoms with Gasteiger partial charge in [0.15, 0.2) is 5.82 Å². The molecule has 0 unspecified atom stereocenters. The molecule has 0 aliphatic heterocycles. The molecule has 3 rings (SSSR count). The third-order valence-electron chi connectivity index (χ3n) is 2.66. The van der Waals surface area contributed by atoms with Crippen LogP contribution in [0, 0.1) is 0 Å². The molecule has 0 aliphatic rings. The number of benzene rings is 2. The number of fused-ring (bicyclic) bond motifs is 1. The van der Waals surface area contributed by atoms with Crippen molar-refractivity contribution >= 4 is 11.0 Å². The quantitative estimate of drug-likeness (QED) is 0.627. The Bertz CT molecular complexity index is 674. The molecule has 0 saturated heterocycles. The summed E-state index contributed by atoms with van der Waals surface area (Å²) in [6, 6.07) is 14.3. The second-order valence-corrected chi connectivity index (χ2v) is 3.76. The van der Waals surface area contributed by atoms with E-state index in [9.17, 15) is 10.3 Å². The van der Waals surface area contributed by atoms with Crippen molar-refractivity contribution in [2.75, 3.05) is 0 Å². The number of hydrogen-bond acceptors (Lipinski definition) is 3. The van der Waals surface area contributed by atoms with Crippen molar-refractivity contribution in [1.82, 2.24) is 9.71 Å². The van der Waals surface area contributed by atoms with Gasteiger partial charge in [0.1, 0.15) is 11.3 Å². The topological polar surface area (TPSA) is 58.3 Å². The number of aromatic hydroxyl groups is 1. The SMILES string of the molecule is Oc1cccc2nc(-c3ccccc3)n(O)c12. The summed E-state index contributed by atoms with van der Waals surface area (Å²) >= 11 is 0. The van der Waals surface area contributed by atoms with E-state index in [2.05, 4.69) is 4.98 Å². The lowest BCUT2D eigenvalue weighted by Crippen LogP contribution is -1.93. The fourth-order valence-electron chi connectivity index (χ4n) is 1.87. The van der Waals surface area contributed by atoms with Crippen molar-refractivity contribution in [1.29, 1.82) is 0 Å². The van der Waals surface area contributed by atoms with E-state index < -0.39 is 0 Å². The Hall–Kier alpha value is -2.49. The van der Waals surface area contributed by atoms with Gasteiger partial charge in [0, 0.05) is 5.56 Å². The lowest BCUT2D eigenvalue weighted by atomic mass is 10.2. The molecule has 0 amide bonds. The minimum Gasteiger partial charge on any atom is -0.506 e. The average molecular weight is 226 g/mol. The highest BCUT2D eigenvalue weighted by atomic mass is 16.5. The molecule has 0 bridgehead atoms. The van der Waals surface area contributed by atoms with Crippen LogP contribution in [-0.4, -0.2) is 20.0 Å². The van der Waals surface area contributed by atoms with Crippen molar-refractivity contribution in [3.05, 3.63) is 48.5 Å². The number of para-hydroxylation sites is 1. The number of nitrogens with zero attached hydrogens (tertiary/aromatic N) is 2. The van der Waals surface area contributed by atoms with Gasteiger partial charge in [-0.05, 0) is 12.1 Å². The Morgan fingerprint density at radius 3 is 2.41 bits per heavy atom. The molecule has 0 radical (unpaired) electrons. The van der Waals surface area contributed by atoms with E-state index in [1.807, 2.05) is 30.3 Å². The summed E-state index contributed by atoms with van der Waals surface area (Å²) in [5, 5.41) is 19.7. The minimum absolute atomic E-state index is 0.0136. The molecule has 0 aliphatic carbocycles. The maximum Gasteiger partial charge on any atom is 0.176 e. The van der Waals surface area contributed by atoms with Crippen LogP contribution in [0.3, 0.4) is 0 Å². The zero-order valence-electron chi connectivity index (χ0n) is 8.91. The first-order valence-electron chi connectivity index (χ1n) is 5.22. The van der Waals surface area contributed by atoms with E-state index >= 15 is 0 Å². The molecule has 2 aromatic carbocycles. The van der Waals surface area contributed by atoms with Gasteiger partial charge in [0.2, 0.25) is 0 Å². The molecule has 3 aromatic rings. The van der Waals surface area contributed by atoms with E-state index in [4.69, 9.17) is 0 Å². The Balaban J connectivity index is 2.33. The van der Waals surface area contributed by atoms with Crippen LogP contribution >= 0.6 is 0 Å². The van der Waals surface area contributed by atoms with E-state index in [0.29, 0.717) is 16.9 Å².